The highest BCUT2D eigenvalue weighted by atomic mass is 79.9. The number of ether oxygens (including phenoxy) is 1. The van der Waals surface area contributed by atoms with Crippen molar-refractivity contribution in [2.75, 3.05) is 4.90 Å². The van der Waals surface area contributed by atoms with Crippen LogP contribution in [0, 0.1) is 0 Å². The fourth-order valence-electron chi connectivity index (χ4n) is 4.50. The first-order valence-corrected chi connectivity index (χ1v) is 10.3. The van der Waals surface area contributed by atoms with Gasteiger partial charge in [0.05, 0.1) is 18.7 Å². The SMILES string of the molecule is O=C1C[C@H](c2ccccc2)[C@@]2(O1)C(=O)N(Cc1ccccc1)c1cccc(Br)c12. The lowest BCUT2D eigenvalue weighted by Crippen LogP contribution is -2.43. The number of anilines is 1. The largest absolute Gasteiger partial charge is 0.443 e. The number of carbonyl (C=O) groups is 2. The van der Waals surface area contributed by atoms with Gasteiger partial charge in [-0.3, -0.25) is 9.59 Å². The summed E-state index contributed by atoms with van der Waals surface area (Å²) in [5.41, 5.74) is 2.12. The minimum Gasteiger partial charge on any atom is -0.443 e. The molecule has 3 aromatic carbocycles. The van der Waals surface area contributed by atoms with E-state index >= 15 is 0 Å². The van der Waals surface area contributed by atoms with E-state index < -0.39 is 5.60 Å². The molecule has 0 bridgehead atoms. The molecule has 0 radical (unpaired) electrons. The van der Waals surface area contributed by atoms with E-state index in [-0.39, 0.29) is 24.2 Å². The number of amides is 1. The summed E-state index contributed by atoms with van der Waals surface area (Å²) < 4.78 is 6.68. The molecule has 144 valence electrons. The molecule has 29 heavy (non-hydrogen) atoms. The van der Waals surface area contributed by atoms with E-state index in [2.05, 4.69) is 15.9 Å². The van der Waals surface area contributed by atoms with Gasteiger partial charge in [-0.2, -0.15) is 0 Å². The normalized spacial score (nSPS) is 22.8. The molecular formula is C24H18BrNO3. The number of benzene rings is 3. The number of hydrogen-bond acceptors (Lipinski definition) is 3. The van der Waals surface area contributed by atoms with Crippen LogP contribution in [0.3, 0.4) is 0 Å². The quantitative estimate of drug-likeness (QED) is 0.535. The lowest BCUT2D eigenvalue weighted by Gasteiger charge is -2.29. The van der Waals surface area contributed by atoms with Crippen LogP contribution in [-0.2, 0) is 26.5 Å². The van der Waals surface area contributed by atoms with Gasteiger partial charge in [0.2, 0.25) is 5.60 Å². The smallest absolute Gasteiger partial charge is 0.308 e. The highest BCUT2D eigenvalue weighted by molar-refractivity contribution is 9.10. The molecule has 2 heterocycles. The third kappa shape index (κ3) is 2.72. The summed E-state index contributed by atoms with van der Waals surface area (Å²) in [4.78, 5) is 28.2. The first kappa shape index (κ1) is 18.1. The molecular weight excluding hydrogens is 430 g/mol. The minimum absolute atomic E-state index is 0.176. The summed E-state index contributed by atoms with van der Waals surface area (Å²) in [6.45, 7) is 0.421. The Hall–Kier alpha value is -2.92. The Kier molecular flexibility index (Phi) is 4.28. The van der Waals surface area contributed by atoms with Crippen molar-refractivity contribution >= 4 is 33.5 Å². The zero-order valence-corrected chi connectivity index (χ0v) is 17.1. The van der Waals surface area contributed by atoms with E-state index in [4.69, 9.17) is 4.74 Å². The van der Waals surface area contributed by atoms with E-state index in [0.29, 0.717) is 6.54 Å². The van der Waals surface area contributed by atoms with E-state index in [0.717, 1.165) is 26.9 Å². The molecule has 4 nitrogen and oxygen atoms in total. The van der Waals surface area contributed by atoms with Crippen LogP contribution in [0.25, 0.3) is 0 Å². The van der Waals surface area contributed by atoms with Crippen LogP contribution >= 0.6 is 15.9 Å². The molecule has 1 saturated heterocycles. The topological polar surface area (TPSA) is 46.6 Å². The number of fused-ring (bicyclic) bond motifs is 2. The lowest BCUT2D eigenvalue weighted by molar-refractivity contribution is -0.158. The van der Waals surface area contributed by atoms with E-state index in [1.165, 1.54) is 0 Å². The second kappa shape index (κ2) is 6.85. The Bertz CT molecular complexity index is 1100. The van der Waals surface area contributed by atoms with Crippen LogP contribution in [0.1, 0.15) is 29.0 Å². The Balaban J connectivity index is 1.69. The first-order chi connectivity index (χ1) is 14.1. The predicted molar refractivity (Wildman–Crippen MR) is 113 cm³/mol. The number of carbonyl (C=O) groups excluding carboxylic acids is 2. The van der Waals surface area contributed by atoms with Crippen molar-refractivity contribution in [3.8, 4) is 0 Å². The molecule has 3 aromatic rings. The van der Waals surface area contributed by atoms with Crippen LogP contribution < -0.4 is 4.90 Å². The molecule has 0 unspecified atom stereocenters. The molecule has 1 fully saturated rings. The number of halogens is 1. The summed E-state index contributed by atoms with van der Waals surface area (Å²) >= 11 is 3.62. The van der Waals surface area contributed by atoms with Gasteiger partial charge in [-0.15, -0.1) is 0 Å². The average molecular weight is 448 g/mol. The third-order valence-corrected chi connectivity index (χ3v) is 6.40. The lowest BCUT2D eigenvalue weighted by atomic mass is 9.78. The molecule has 0 saturated carbocycles. The van der Waals surface area contributed by atoms with Gasteiger partial charge in [-0.05, 0) is 23.3 Å². The Morgan fingerprint density at radius 3 is 2.34 bits per heavy atom. The van der Waals surface area contributed by atoms with Crippen LogP contribution in [0.2, 0.25) is 0 Å². The second-order valence-corrected chi connectivity index (χ2v) is 8.24. The number of nitrogens with zero attached hydrogens (tertiary/aromatic N) is 1. The monoisotopic (exact) mass is 447 g/mol. The first-order valence-electron chi connectivity index (χ1n) is 9.53. The molecule has 1 spiro atoms. The molecule has 2 aliphatic rings. The molecule has 0 aliphatic carbocycles. The zero-order chi connectivity index (χ0) is 20.0. The molecule has 5 rings (SSSR count). The Labute approximate surface area is 177 Å². The van der Waals surface area contributed by atoms with Crippen molar-refractivity contribution in [2.45, 2.75) is 24.5 Å². The van der Waals surface area contributed by atoms with Crippen molar-refractivity contribution in [2.24, 2.45) is 0 Å². The summed E-state index contributed by atoms with van der Waals surface area (Å²) in [7, 11) is 0. The zero-order valence-electron chi connectivity index (χ0n) is 15.5. The van der Waals surface area contributed by atoms with Gasteiger partial charge < -0.3 is 9.64 Å². The van der Waals surface area contributed by atoms with Crippen molar-refractivity contribution in [3.05, 3.63) is 100 Å². The van der Waals surface area contributed by atoms with Crippen molar-refractivity contribution in [1.82, 2.24) is 0 Å². The minimum atomic E-state index is -1.34. The Morgan fingerprint density at radius 1 is 0.931 bits per heavy atom. The van der Waals surface area contributed by atoms with Crippen LogP contribution in [0.4, 0.5) is 5.69 Å². The van der Waals surface area contributed by atoms with Crippen LogP contribution in [-0.4, -0.2) is 11.9 Å². The fraction of sp³-hybridized carbons (Fsp3) is 0.167. The highest BCUT2D eigenvalue weighted by Crippen LogP contribution is 2.57. The summed E-state index contributed by atoms with van der Waals surface area (Å²) in [6.07, 6.45) is 0.176. The van der Waals surface area contributed by atoms with E-state index in [1.54, 1.807) is 4.90 Å². The highest BCUT2D eigenvalue weighted by Gasteiger charge is 2.63. The standard InChI is InChI=1S/C24H18BrNO3/c25-19-12-7-13-20-22(19)24(23(28)26(20)15-16-8-3-1-4-9-16)18(14-21(27)29-24)17-10-5-2-6-11-17/h1-13,18H,14-15H2/t18-,24+/m1/s1. The van der Waals surface area contributed by atoms with Gasteiger partial charge >= 0.3 is 5.97 Å². The van der Waals surface area contributed by atoms with Gasteiger partial charge in [0, 0.05) is 16.0 Å². The molecule has 1 amide bonds. The van der Waals surface area contributed by atoms with E-state index in [9.17, 15) is 9.59 Å². The molecule has 2 aliphatic heterocycles. The average Bonchev–Trinajstić information content (AvgIpc) is 3.21. The number of esters is 1. The van der Waals surface area contributed by atoms with E-state index in [1.807, 2.05) is 78.9 Å². The van der Waals surface area contributed by atoms with Gasteiger partial charge in [0.1, 0.15) is 0 Å². The van der Waals surface area contributed by atoms with Crippen molar-refractivity contribution in [3.63, 3.8) is 0 Å². The van der Waals surface area contributed by atoms with Crippen molar-refractivity contribution in [1.29, 1.82) is 0 Å². The van der Waals surface area contributed by atoms with Crippen LogP contribution in [0.5, 0.6) is 0 Å². The maximum absolute atomic E-state index is 13.9. The third-order valence-electron chi connectivity index (χ3n) is 5.74. The van der Waals surface area contributed by atoms with Gasteiger partial charge in [0.15, 0.2) is 0 Å². The van der Waals surface area contributed by atoms with Gasteiger partial charge in [-0.25, -0.2) is 0 Å². The van der Waals surface area contributed by atoms with Crippen LogP contribution in [0.15, 0.2) is 83.3 Å². The van der Waals surface area contributed by atoms with Gasteiger partial charge in [0.25, 0.3) is 5.91 Å². The fourth-order valence-corrected chi connectivity index (χ4v) is 5.15. The van der Waals surface area contributed by atoms with Gasteiger partial charge in [-0.1, -0.05) is 82.7 Å². The summed E-state index contributed by atoms with van der Waals surface area (Å²) in [5, 5.41) is 0. The number of hydrogen-bond donors (Lipinski definition) is 0. The number of rotatable bonds is 3. The molecule has 0 aromatic heterocycles. The second-order valence-electron chi connectivity index (χ2n) is 7.39. The predicted octanol–water partition coefficient (Wildman–Crippen LogP) is 4.92. The molecule has 2 atom stereocenters. The van der Waals surface area contributed by atoms with Crippen molar-refractivity contribution < 1.29 is 14.3 Å². The maximum atomic E-state index is 13.9. The maximum Gasteiger partial charge on any atom is 0.308 e. The Morgan fingerprint density at radius 2 is 1.62 bits per heavy atom. The summed E-state index contributed by atoms with van der Waals surface area (Å²) in [5.74, 6) is -0.916. The molecule has 0 N–H and O–H groups in total. The summed E-state index contributed by atoms with van der Waals surface area (Å²) in [6, 6.07) is 25.3. The molecule has 5 heteroatoms.